The van der Waals surface area contributed by atoms with E-state index in [1.54, 1.807) is 0 Å². The first-order chi connectivity index (χ1) is 23.7. The van der Waals surface area contributed by atoms with E-state index in [1.807, 2.05) is 0 Å². The second-order valence-corrected chi connectivity index (χ2v) is 14.8. The van der Waals surface area contributed by atoms with E-state index in [0.717, 1.165) is 38.5 Å². The van der Waals surface area contributed by atoms with Gasteiger partial charge < -0.3 is 24.6 Å². The Kier molecular flexibility index (Phi) is 34.2. The van der Waals surface area contributed by atoms with Crippen LogP contribution in [0.15, 0.2) is 12.2 Å². The first kappa shape index (κ1) is 47.7. The smallest absolute Gasteiger partial charge is 0.462 e. The summed E-state index contributed by atoms with van der Waals surface area (Å²) in [7, 11) is -4.61. The lowest BCUT2D eigenvalue weighted by Gasteiger charge is -2.20. The van der Waals surface area contributed by atoms with Gasteiger partial charge in [0.2, 0.25) is 0 Å². The number of rotatable bonds is 37. The van der Waals surface area contributed by atoms with E-state index in [9.17, 15) is 24.2 Å². The SMILES string of the molecule is CCCCCCCCCCC/C=C/CCCCC(=O)O[C@H](COC(=O)CCCCCCCCCCCCC)COP(=O)(O)OC[C@@H](O)CO. The minimum atomic E-state index is -4.61. The highest BCUT2D eigenvalue weighted by Gasteiger charge is 2.27. The topological polar surface area (TPSA) is 149 Å². The Bertz CT molecular complexity index is 837. The van der Waals surface area contributed by atoms with Crippen LogP contribution in [0.3, 0.4) is 0 Å². The molecule has 0 fully saturated rings. The fraction of sp³-hybridized carbons (Fsp3) is 0.895. The Balaban J connectivity index is 4.37. The van der Waals surface area contributed by atoms with Crippen LogP contribution in [-0.4, -0.2) is 65.7 Å². The molecule has 0 aromatic carbocycles. The van der Waals surface area contributed by atoms with Crippen molar-refractivity contribution in [1.29, 1.82) is 0 Å². The van der Waals surface area contributed by atoms with Crippen molar-refractivity contribution < 1.29 is 47.8 Å². The van der Waals surface area contributed by atoms with Crippen molar-refractivity contribution in [2.75, 3.05) is 26.4 Å². The molecule has 11 heteroatoms. The zero-order chi connectivity index (χ0) is 36.3. The van der Waals surface area contributed by atoms with E-state index < -0.39 is 51.8 Å². The molecule has 0 saturated carbocycles. The summed E-state index contributed by atoms with van der Waals surface area (Å²) in [5.74, 6) is -0.946. The second-order valence-electron chi connectivity index (χ2n) is 13.3. The molecule has 0 bridgehead atoms. The Labute approximate surface area is 298 Å². The fourth-order valence-corrected chi connectivity index (χ4v) is 6.13. The van der Waals surface area contributed by atoms with Crippen LogP contribution in [-0.2, 0) is 32.7 Å². The number of allylic oxidation sites excluding steroid dienone is 2. The molecule has 0 amide bonds. The van der Waals surface area contributed by atoms with Crippen LogP contribution in [0.25, 0.3) is 0 Å². The van der Waals surface area contributed by atoms with Crippen LogP contribution in [0.5, 0.6) is 0 Å². The number of esters is 2. The number of phosphoric acid groups is 1. The van der Waals surface area contributed by atoms with Gasteiger partial charge in [0.1, 0.15) is 12.7 Å². The number of phosphoric ester groups is 1. The largest absolute Gasteiger partial charge is 0.472 e. The molecule has 0 aliphatic rings. The molecule has 0 aliphatic heterocycles. The van der Waals surface area contributed by atoms with Crippen LogP contribution in [0.4, 0.5) is 0 Å². The number of aliphatic hydroxyl groups is 2. The van der Waals surface area contributed by atoms with Gasteiger partial charge in [0.05, 0.1) is 19.8 Å². The Morgan fingerprint density at radius 1 is 0.592 bits per heavy atom. The van der Waals surface area contributed by atoms with Crippen molar-refractivity contribution in [3.8, 4) is 0 Å². The predicted octanol–water partition coefficient (Wildman–Crippen LogP) is 9.67. The summed E-state index contributed by atoms with van der Waals surface area (Å²) in [5.41, 5.74) is 0. The molecular formula is C38H73O10P. The zero-order valence-corrected chi connectivity index (χ0v) is 32.1. The normalized spacial score (nSPS) is 14.1. The second kappa shape index (κ2) is 35.1. The average molecular weight is 721 g/mol. The van der Waals surface area contributed by atoms with Crippen molar-refractivity contribution in [2.24, 2.45) is 0 Å². The van der Waals surface area contributed by atoms with Crippen LogP contribution in [0, 0.1) is 0 Å². The molecule has 0 rings (SSSR count). The lowest BCUT2D eigenvalue weighted by Crippen LogP contribution is -2.29. The number of hydrogen-bond donors (Lipinski definition) is 3. The first-order valence-electron chi connectivity index (χ1n) is 19.6. The minimum Gasteiger partial charge on any atom is -0.462 e. The van der Waals surface area contributed by atoms with Crippen molar-refractivity contribution >= 4 is 19.8 Å². The number of hydrogen-bond acceptors (Lipinski definition) is 9. The molecule has 3 N–H and O–H groups in total. The van der Waals surface area contributed by atoms with E-state index in [-0.39, 0.29) is 19.4 Å². The van der Waals surface area contributed by atoms with Gasteiger partial charge in [-0.2, -0.15) is 0 Å². The molecule has 3 atom stereocenters. The van der Waals surface area contributed by atoms with Gasteiger partial charge in [-0.1, -0.05) is 142 Å². The highest BCUT2D eigenvalue weighted by Crippen LogP contribution is 2.43. The van der Waals surface area contributed by atoms with Crippen LogP contribution < -0.4 is 0 Å². The quantitative estimate of drug-likeness (QED) is 0.0245. The Hall–Kier alpha value is -1.29. The molecule has 0 radical (unpaired) electrons. The molecule has 0 saturated heterocycles. The number of unbranched alkanes of at least 4 members (excludes halogenated alkanes) is 21. The van der Waals surface area contributed by atoms with Crippen LogP contribution >= 0.6 is 7.82 Å². The van der Waals surface area contributed by atoms with Crippen LogP contribution in [0.1, 0.15) is 181 Å². The number of aliphatic hydroxyl groups excluding tert-OH is 2. The summed E-state index contributed by atoms with van der Waals surface area (Å²) in [5, 5.41) is 18.3. The summed E-state index contributed by atoms with van der Waals surface area (Å²) in [6, 6.07) is 0. The maximum absolute atomic E-state index is 12.5. The summed E-state index contributed by atoms with van der Waals surface area (Å²) in [6.45, 7) is 2.35. The van der Waals surface area contributed by atoms with E-state index in [1.165, 1.54) is 103 Å². The fourth-order valence-electron chi connectivity index (χ4n) is 5.34. The van der Waals surface area contributed by atoms with Gasteiger partial charge in [0, 0.05) is 12.8 Å². The third kappa shape index (κ3) is 34.9. The maximum Gasteiger partial charge on any atom is 0.472 e. The van der Waals surface area contributed by atoms with Gasteiger partial charge in [0.25, 0.3) is 0 Å². The summed E-state index contributed by atoms with van der Waals surface area (Å²) >= 11 is 0. The number of carbonyl (C=O) groups excluding carboxylic acids is 2. The van der Waals surface area contributed by atoms with Gasteiger partial charge in [-0.15, -0.1) is 0 Å². The molecule has 49 heavy (non-hydrogen) atoms. The van der Waals surface area contributed by atoms with Gasteiger partial charge in [0.15, 0.2) is 6.10 Å². The van der Waals surface area contributed by atoms with Crippen molar-refractivity contribution in [3.05, 3.63) is 12.2 Å². The molecule has 0 aromatic heterocycles. The van der Waals surface area contributed by atoms with Crippen LogP contribution in [0.2, 0.25) is 0 Å². The van der Waals surface area contributed by atoms with E-state index in [0.29, 0.717) is 12.8 Å². The third-order valence-electron chi connectivity index (χ3n) is 8.42. The third-order valence-corrected chi connectivity index (χ3v) is 9.37. The van der Waals surface area contributed by atoms with Gasteiger partial charge in [-0.05, 0) is 38.5 Å². The zero-order valence-electron chi connectivity index (χ0n) is 31.2. The van der Waals surface area contributed by atoms with Crippen molar-refractivity contribution in [3.63, 3.8) is 0 Å². The molecule has 290 valence electrons. The molecule has 1 unspecified atom stereocenters. The summed E-state index contributed by atoms with van der Waals surface area (Å²) in [6.07, 6.45) is 30.4. The Morgan fingerprint density at radius 3 is 1.51 bits per heavy atom. The van der Waals surface area contributed by atoms with E-state index in [4.69, 9.17) is 19.1 Å². The highest BCUT2D eigenvalue weighted by atomic mass is 31.2. The molecule has 0 aliphatic carbocycles. The number of ether oxygens (including phenoxy) is 2. The lowest BCUT2D eigenvalue weighted by molar-refractivity contribution is -0.161. The first-order valence-corrected chi connectivity index (χ1v) is 21.1. The minimum absolute atomic E-state index is 0.158. The summed E-state index contributed by atoms with van der Waals surface area (Å²) < 4.78 is 32.6. The highest BCUT2D eigenvalue weighted by molar-refractivity contribution is 7.47. The standard InChI is InChI=1S/C38H73O10P/c1-3-5-7-9-11-13-15-16-17-18-20-22-24-26-28-30-38(42)48-36(34-47-49(43,44)46-32-35(40)31-39)33-45-37(41)29-27-25-23-21-19-14-12-10-8-6-4-2/h20,22,35-36,39-40H,3-19,21,23-34H2,1-2H3,(H,43,44)/b22-20+/t35-,36+/m0/s1. The van der Waals surface area contributed by atoms with Crippen molar-refractivity contribution in [2.45, 2.75) is 193 Å². The lowest BCUT2D eigenvalue weighted by atomic mass is 10.1. The van der Waals surface area contributed by atoms with Crippen molar-refractivity contribution in [1.82, 2.24) is 0 Å². The van der Waals surface area contributed by atoms with E-state index >= 15 is 0 Å². The van der Waals surface area contributed by atoms with E-state index in [2.05, 4.69) is 30.5 Å². The molecule has 10 nitrogen and oxygen atoms in total. The maximum atomic E-state index is 12.5. The monoisotopic (exact) mass is 720 g/mol. The molecular weight excluding hydrogens is 647 g/mol. The average Bonchev–Trinajstić information content (AvgIpc) is 3.09. The Morgan fingerprint density at radius 2 is 1.00 bits per heavy atom. The predicted molar refractivity (Wildman–Crippen MR) is 196 cm³/mol. The van der Waals surface area contributed by atoms with Gasteiger partial charge in [-0.3, -0.25) is 18.6 Å². The van der Waals surface area contributed by atoms with Gasteiger partial charge >= 0.3 is 19.8 Å². The number of carbonyl (C=O) groups is 2. The van der Waals surface area contributed by atoms with Gasteiger partial charge in [-0.25, -0.2) is 4.57 Å². The molecule has 0 heterocycles. The molecule has 0 aromatic rings. The molecule has 0 spiro atoms. The summed E-state index contributed by atoms with van der Waals surface area (Å²) in [4.78, 5) is 34.8.